The van der Waals surface area contributed by atoms with E-state index in [9.17, 15) is 9.59 Å². The van der Waals surface area contributed by atoms with Crippen LogP contribution in [0, 0.1) is 0 Å². The molecule has 0 bridgehead atoms. The minimum absolute atomic E-state index is 0.0240. The van der Waals surface area contributed by atoms with Crippen LogP contribution in [0.1, 0.15) is 13.3 Å². The van der Waals surface area contributed by atoms with Crippen molar-refractivity contribution in [3.8, 4) is 0 Å². The molecule has 0 aromatic carbocycles. The minimum Gasteiger partial charge on any atom is -0.480 e. The lowest BCUT2D eigenvalue weighted by Crippen LogP contribution is -2.41. The van der Waals surface area contributed by atoms with Gasteiger partial charge in [-0.1, -0.05) is 6.92 Å². The largest absolute Gasteiger partial charge is 0.480 e. The number of nitrogens with zero attached hydrogens (tertiary/aromatic N) is 3. The maximum Gasteiger partial charge on any atom is 0.326 e. The fourth-order valence-corrected chi connectivity index (χ4v) is 1.04. The number of hydrogen-bond acceptors (Lipinski definition) is 4. The molecular formula is C8H12N4O3. The van der Waals surface area contributed by atoms with E-state index in [1.54, 1.807) is 6.92 Å². The summed E-state index contributed by atoms with van der Waals surface area (Å²) < 4.78 is 1.32. The summed E-state index contributed by atoms with van der Waals surface area (Å²) in [6.07, 6.45) is 3.04. The van der Waals surface area contributed by atoms with Gasteiger partial charge in [-0.25, -0.2) is 14.5 Å². The van der Waals surface area contributed by atoms with Crippen molar-refractivity contribution in [1.82, 2.24) is 20.1 Å². The van der Waals surface area contributed by atoms with Gasteiger partial charge in [-0.15, -0.1) is 0 Å². The van der Waals surface area contributed by atoms with Crippen molar-refractivity contribution in [2.24, 2.45) is 0 Å². The van der Waals surface area contributed by atoms with Crippen molar-refractivity contribution >= 4 is 11.9 Å². The molecule has 82 valence electrons. The molecule has 0 aliphatic carbocycles. The topological polar surface area (TPSA) is 97.1 Å². The van der Waals surface area contributed by atoms with E-state index in [2.05, 4.69) is 15.4 Å². The molecule has 0 saturated heterocycles. The summed E-state index contributed by atoms with van der Waals surface area (Å²) in [5.41, 5.74) is 0. The van der Waals surface area contributed by atoms with Crippen LogP contribution in [-0.2, 0) is 16.1 Å². The second kappa shape index (κ2) is 5.08. The number of carbonyl (C=O) groups is 2. The highest BCUT2D eigenvalue weighted by molar-refractivity contribution is 5.83. The van der Waals surface area contributed by atoms with Crippen LogP contribution in [0.4, 0.5) is 0 Å². The highest BCUT2D eigenvalue weighted by atomic mass is 16.4. The summed E-state index contributed by atoms with van der Waals surface area (Å²) in [5, 5.41) is 14.8. The van der Waals surface area contributed by atoms with Crippen LogP contribution in [0.25, 0.3) is 0 Å². The molecule has 1 unspecified atom stereocenters. The third-order valence-electron chi connectivity index (χ3n) is 1.81. The van der Waals surface area contributed by atoms with Crippen molar-refractivity contribution in [2.75, 3.05) is 0 Å². The Morgan fingerprint density at radius 1 is 1.60 bits per heavy atom. The fourth-order valence-electron chi connectivity index (χ4n) is 1.04. The summed E-state index contributed by atoms with van der Waals surface area (Å²) in [6.45, 7) is 1.66. The van der Waals surface area contributed by atoms with Gasteiger partial charge in [0.1, 0.15) is 25.2 Å². The van der Waals surface area contributed by atoms with Gasteiger partial charge in [0, 0.05) is 0 Å². The monoisotopic (exact) mass is 212 g/mol. The van der Waals surface area contributed by atoms with Crippen LogP contribution in [0.2, 0.25) is 0 Å². The average molecular weight is 212 g/mol. The van der Waals surface area contributed by atoms with Gasteiger partial charge in [0.05, 0.1) is 0 Å². The zero-order valence-corrected chi connectivity index (χ0v) is 8.25. The Labute approximate surface area is 86.1 Å². The number of nitrogens with one attached hydrogen (secondary N) is 1. The van der Waals surface area contributed by atoms with Gasteiger partial charge in [0.15, 0.2) is 0 Å². The van der Waals surface area contributed by atoms with Gasteiger partial charge in [-0.3, -0.25) is 4.79 Å². The zero-order chi connectivity index (χ0) is 11.3. The number of carboxylic acid groups (broad SMARTS) is 1. The molecule has 15 heavy (non-hydrogen) atoms. The average Bonchev–Trinajstić information content (AvgIpc) is 2.66. The normalized spacial score (nSPS) is 12.1. The molecule has 0 aliphatic heterocycles. The molecule has 2 N–H and O–H groups in total. The van der Waals surface area contributed by atoms with Gasteiger partial charge in [0.2, 0.25) is 5.91 Å². The summed E-state index contributed by atoms with van der Waals surface area (Å²) in [6, 6.07) is -0.846. The third-order valence-corrected chi connectivity index (χ3v) is 1.81. The first-order valence-electron chi connectivity index (χ1n) is 4.48. The molecule has 1 aromatic heterocycles. The predicted octanol–water partition coefficient (Wildman–Crippen LogP) is -0.743. The van der Waals surface area contributed by atoms with E-state index in [0.717, 1.165) is 0 Å². The molecule has 1 aromatic rings. The fraction of sp³-hybridized carbons (Fsp3) is 0.500. The zero-order valence-electron chi connectivity index (χ0n) is 8.25. The third kappa shape index (κ3) is 3.37. The van der Waals surface area contributed by atoms with E-state index < -0.39 is 17.9 Å². The molecule has 0 fully saturated rings. The number of amides is 1. The SMILES string of the molecule is CCC(NC(=O)Cn1cncn1)C(=O)O. The van der Waals surface area contributed by atoms with E-state index in [-0.39, 0.29) is 6.54 Å². The molecule has 0 radical (unpaired) electrons. The second-order valence-electron chi connectivity index (χ2n) is 2.96. The summed E-state index contributed by atoms with van der Waals surface area (Å²) in [7, 11) is 0. The van der Waals surface area contributed by atoms with E-state index in [4.69, 9.17) is 5.11 Å². The number of carboxylic acids is 1. The Kier molecular flexibility index (Phi) is 3.78. The summed E-state index contributed by atoms with van der Waals surface area (Å²) in [4.78, 5) is 25.6. The maximum absolute atomic E-state index is 11.3. The Morgan fingerprint density at radius 2 is 2.33 bits per heavy atom. The highest BCUT2D eigenvalue weighted by Crippen LogP contribution is 1.91. The lowest BCUT2D eigenvalue weighted by Gasteiger charge is -2.11. The molecule has 1 rings (SSSR count). The van der Waals surface area contributed by atoms with Gasteiger partial charge >= 0.3 is 5.97 Å². The molecule has 7 nitrogen and oxygen atoms in total. The highest BCUT2D eigenvalue weighted by Gasteiger charge is 2.17. The first kappa shape index (κ1) is 11.2. The van der Waals surface area contributed by atoms with Crippen molar-refractivity contribution in [2.45, 2.75) is 25.9 Å². The number of aliphatic carboxylic acids is 1. The Hall–Kier alpha value is -1.92. The van der Waals surface area contributed by atoms with Gasteiger partial charge in [-0.05, 0) is 6.42 Å². The Bertz CT molecular complexity index is 336. The summed E-state index contributed by atoms with van der Waals surface area (Å²) in [5.74, 6) is -1.43. The van der Waals surface area contributed by atoms with Crippen molar-refractivity contribution in [3.05, 3.63) is 12.7 Å². The lowest BCUT2D eigenvalue weighted by atomic mass is 10.2. The maximum atomic E-state index is 11.3. The van der Waals surface area contributed by atoms with Crippen molar-refractivity contribution in [3.63, 3.8) is 0 Å². The molecule has 1 atom stereocenters. The molecule has 0 aliphatic rings. The van der Waals surface area contributed by atoms with Crippen molar-refractivity contribution in [1.29, 1.82) is 0 Å². The quantitative estimate of drug-likeness (QED) is 0.669. The second-order valence-corrected chi connectivity index (χ2v) is 2.96. The molecule has 0 spiro atoms. The van der Waals surface area contributed by atoms with Gasteiger partial charge in [0.25, 0.3) is 0 Å². The molecule has 0 saturated carbocycles. The van der Waals surface area contributed by atoms with E-state index in [0.29, 0.717) is 6.42 Å². The van der Waals surface area contributed by atoms with Crippen LogP contribution < -0.4 is 5.32 Å². The standard InChI is InChI=1S/C8H12N4O3/c1-2-6(8(14)15)11-7(13)3-12-5-9-4-10-12/h4-6H,2-3H2,1H3,(H,11,13)(H,14,15). The molecule has 7 heteroatoms. The van der Waals surface area contributed by atoms with Gasteiger partial charge < -0.3 is 10.4 Å². The van der Waals surface area contributed by atoms with Crippen molar-refractivity contribution < 1.29 is 14.7 Å². The minimum atomic E-state index is -1.04. The molecule has 1 heterocycles. The summed E-state index contributed by atoms with van der Waals surface area (Å²) >= 11 is 0. The van der Waals surface area contributed by atoms with Crippen LogP contribution in [0.5, 0.6) is 0 Å². The van der Waals surface area contributed by atoms with Crippen LogP contribution in [0.15, 0.2) is 12.7 Å². The Morgan fingerprint density at radius 3 is 2.80 bits per heavy atom. The number of rotatable bonds is 5. The van der Waals surface area contributed by atoms with Gasteiger partial charge in [-0.2, -0.15) is 5.10 Å². The smallest absolute Gasteiger partial charge is 0.326 e. The number of carbonyl (C=O) groups excluding carboxylic acids is 1. The number of aromatic nitrogens is 3. The van der Waals surface area contributed by atoms with Crippen LogP contribution >= 0.6 is 0 Å². The lowest BCUT2D eigenvalue weighted by molar-refractivity contribution is -0.142. The Balaban J connectivity index is 2.45. The first-order valence-corrected chi connectivity index (χ1v) is 4.48. The first-order chi connectivity index (χ1) is 7.13. The molecule has 1 amide bonds. The van der Waals surface area contributed by atoms with E-state index in [1.165, 1.54) is 17.3 Å². The van der Waals surface area contributed by atoms with E-state index >= 15 is 0 Å². The van der Waals surface area contributed by atoms with Crippen LogP contribution in [-0.4, -0.2) is 37.8 Å². The van der Waals surface area contributed by atoms with Crippen LogP contribution in [0.3, 0.4) is 0 Å². The van der Waals surface area contributed by atoms with E-state index in [1.807, 2.05) is 0 Å². The molecular weight excluding hydrogens is 200 g/mol. The predicted molar refractivity (Wildman–Crippen MR) is 49.9 cm³/mol. The number of hydrogen-bond donors (Lipinski definition) is 2.